The summed E-state index contributed by atoms with van der Waals surface area (Å²) in [4.78, 5) is 24.5. The molecule has 5 fully saturated rings. The van der Waals surface area contributed by atoms with Crippen molar-refractivity contribution < 1.29 is 38.4 Å². The lowest BCUT2D eigenvalue weighted by atomic mass is 9.79. The van der Waals surface area contributed by atoms with Crippen LogP contribution in [0.5, 0.6) is 0 Å². The van der Waals surface area contributed by atoms with Gasteiger partial charge in [0.15, 0.2) is 6.29 Å². The lowest BCUT2D eigenvalue weighted by Crippen LogP contribution is -2.44. The zero-order valence-corrected chi connectivity index (χ0v) is 15.0. The van der Waals surface area contributed by atoms with Crippen LogP contribution in [0, 0.1) is 11.8 Å². The first-order valence-corrected chi connectivity index (χ1v) is 9.21. The number of rotatable bonds is 2. The van der Waals surface area contributed by atoms with Gasteiger partial charge >= 0.3 is 11.9 Å². The van der Waals surface area contributed by atoms with Crippen LogP contribution < -0.4 is 0 Å². The molecule has 0 aromatic carbocycles. The summed E-state index contributed by atoms with van der Waals surface area (Å²) in [5, 5.41) is 10.6. The first-order chi connectivity index (χ1) is 12.8. The molecule has 4 aliphatic heterocycles. The molecule has 1 N–H and O–H groups in total. The Labute approximate surface area is 156 Å². The number of esters is 2. The number of ether oxygens (including phenoxy) is 5. The minimum Gasteiger partial charge on any atom is -0.458 e. The van der Waals surface area contributed by atoms with E-state index in [1.54, 1.807) is 6.92 Å². The van der Waals surface area contributed by atoms with Crippen LogP contribution in [0.25, 0.3) is 0 Å². The van der Waals surface area contributed by atoms with Gasteiger partial charge in [-0.3, -0.25) is 0 Å². The third-order valence-electron chi connectivity index (χ3n) is 6.39. The average molecular weight is 378 g/mol. The standard InChI is InChI=1S/C19H22O8/c1-7(2)16(20)24-10-5-19-11(27-19)4-9(6-23-18(19)22)13-15(25-13)14-12(10)8(3)17(21)26-14/h9-15,18,22H,1,3-6H2,2H3. The number of epoxide rings is 2. The van der Waals surface area contributed by atoms with Gasteiger partial charge < -0.3 is 28.8 Å². The predicted molar refractivity (Wildman–Crippen MR) is 88.2 cm³/mol. The normalized spacial score (nSPS) is 49.9. The molecule has 4 saturated heterocycles. The van der Waals surface area contributed by atoms with Crippen molar-refractivity contribution in [1.82, 2.24) is 0 Å². The zero-order chi connectivity index (χ0) is 19.1. The van der Waals surface area contributed by atoms with E-state index in [0.29, 0.717) is 13.0 Å². The lowest BCUT2D eigenvalue weighted by molar-refractivity contribution is -0.167. The average Bonchev–Trinajstić information content (AvgIpc) is 3.49. The topological polar surface area (TPSA) is 107 Å². The summed E-state index contributed by atoms with van der Waals surface area (Å²) >= 11 is 0. The molecule has 0 aromatic heterocycles. The number of carbonyl (C=O) groups excluding carboxylic acids is 2. The summed E-state index contributed by atoms with van der Waals surface area (Å²) in [6, 6.07) is 0. The van der Waals surface area contributed by atoms with Gasteiger partial charge in [0.05, 0.1) is 24.7 Å². The molecule has 4 heterocycles. The van der Waals surface area contributed by atoms with Crippen molar-refractivity contribution in [2.24, 2.45) is 11.8 Å². The van der Waals surface area contributed by atoms with Gasteiger partial charge in [-0.15, -0.1) is 0 Å². The van der Waals surface area contributed by atoms with Gasteiger partial charge in [-0.2, -0.15) is 0 Å². The summed E-state index contributed by atoms with van der Waals surface area (Å²) in [6.45, 7) is 9.37. The molecule has 9 unspecified atom stereocenters. The number of hydrogen-bond acceptors (Lipinski definition) is 8. The maximum atomic E-state index is 12.3. The van der Waals surface area contributed by atoms with Crippen molar-refractivity contribution in [2.75, 3.05) is 6.61 Å². The van der Waals surface area contributed by atoms with E-state index in [1.165, 1.54) is 0 Å². The highest BCUT2D eigenvalue weighted by molar-refractivity contribution is 5.91. The fraction of sp³-hybridized carbons (Fsp3) is 0.684. The van der Waals surface area contributed by atoms with Gasteiger partial charge in [0.25, 0.3) is 0 Å². The minimum atomic E-state index is -1.14. The van der Waals surface area contributed by atoms with E-state index in [-0.39, 0.29) is 41.8 Å². The van der Waals surface area contributed by atoms with Crippen LogP contribution in [0.15, 0.2) is 24.3 Å². The van der Waals surface area contributed by atoms with Crippen molar-refractivity contribution in [3.8, 4) is 0 Å². The second-order valence-electron chi connectivity index (χ2n) is 8.16. The Balaban J connectivity index is 1.54. The lowest BCUT2D eigenvalue weighted by Gasteiger charge is -2.30. The second-order valence-corrected chi connectivity index (χ2v) is 8.16. The molecule has 0 radical (unpaired) electrons. The molecule has 0 amide bonds. The van der Waals surface area contributed by atoms with E-state index in [0.717, 1.165) is 0 Å². The summed E-state index contributed by atoms with van der Waals surface area (Å²) in [7, 11) is 0. The Kier molecular flexibility index (Phi) is 3.62. The molecule has 1 aliphatic carbocycles. The van der Waals surface area contributed by atoms with Crippen LogP contribution in [0.3, 0.4) is 0 Å². The molecule has 0 aromatic rings. The Bertz CT molecular complexity index is 746. The van der Waals surface area contributed by atoms with Crippen molar-refractivity contribution in [3.63, 3.8) is 0 Å². The van der Waals surface area contributed by atoms with Gasteiger partial charge in [-0.1, -0.05) is 13.2 Å². The smallest absolute Gasteiger partial charge is 0.334 e. The van der Waals surface area contributed by atoms with Gasteiger partial charge in [0.2, 0.25) is 0 Å². The maximum absolute atomic E-state index is 12.3. The van der Waals surface area contributed by atoms with E-state index in [4.69, 9.17) is 23.7 Å². The number of hydrogen-bond donors (Lipinski definition) is 1. The summed E-state index contributed by atoms with van der Waals surface area (Å²) in [6.07, 6.45) is -2.32. The van der Waals surface area contributed by atoms with Gasteiger partial charge in [-0.05, 0) is 13.3 Å². The molecule has 8 heteroatoms. The fourth-order valence-electron chi connectivity index (χ4n) is 4.79. The monoisotopic (exact) mass is 378 g/mol. The predicted octanol–water partition coefficient (Wildman–Crippen LogP) is 0.236. The van der Waals surface area contributed by atoms with Crippen LogP contribution in [0.1, 0.15) is 19.8 Å². The van der Waals surface area contributed by atoms with Crippen molar-refractivity contribution in [1.29, 1.82) is 0 Å². The molecule has 8 nitrogen and oxygen atoms in total. The maximum Gasteiger partial charge on any atom is 0.334 e. The highest BCUT2D eigenvalue weighted by atomic mass is 16.7. The molecule has 146 valence electrons. The number of aliphatic hydroxyl groups excluding tert-OH is 1. The molecular weight excluding hydrogens is 356 g/mol. The molecule has 5 rings (SSSR count). The fourth-order valence-corrected chi connectivity index (χ4v) is 4.79. The van der Waals surface area contributed by atoms with Crippen molar-refractivity contribution in [2.45, 2.75) is 62.2 Å². The van der Waals surface area contributed by atoms with Gasteiger partial charge in [-0.25, -0.2) is 9.59 Å². The Morgan fingerprint density at radius 2 is 2.11 bits per heavy atom. The second kappa shape index (κ2) is 5.64. The molecule has 5 aliphatic rings. The van der Waals surface area contributed by atoms with E-state index < -0.39 is 42.0 Å². The highest BCUT2D eigenvalue weighted by Crippen LogP contribution is 2.56. The molecule has 0 spiro atoms. The van der Waals surface area contributed by atoms with Crippen LogP contribution in [0.4, 0.5) is 0 Å². The molecule has 1 saturated carbocycles. The van der Waals surface area contributed by atoms with Crippen molar-refractivity contribution in [3.05, 3.63) is 24.3 Å². The highest BCUT2D eigenvalue weighted by Gasteiger charge is 2.70. The van der Waals surface area contributed by atoms with Crippen molar-refractivity contribution >= 4 is 11.9 Å². The quantitative estimate of drug-likeness (QED) is 0.414. The Morgan fingerprint density at radius 3 is 2.85 bits per heavy atom. The summed E-state index contributed by atoms with van der Waals surface area (Å²) in [5.74, 6) is -1.61. The Morgan fingerprint density at radius 1 is 1.33 bits per heavy atom. The summed E-state index contributed by atoms with van der Waals surface area (Å²) < 4.78 is 28.6. The minimum absolute atomic E-state index is 0.0433. The van der Waals surface area contributed by atoms with Crippen LogP contribution in [-0.4, -0.2) is 66.1 Å². The third kappa shape index (κ3) is 2.51. The van der Waals surface area contributed by atoms with E-state index >= 15 is 0 Å². The number of carbonyl (C=O) groups is 2. The van der Waals surface area contributed by atoms with Crippen LogP contribution in [-0.2, 0) is 33.3 Å². The SMILES string of the molecule is C=C(C)C(=O)OC1CC23OC2CC(COC3O)C2OC2C2OC(=O)C(=C)C12. The largest absolute Gasteiger partial charge is 0.458 e. The van der Waals surface area contributed by atoms with Gasteiger partial charge in [0, 0.05) is 23.5 Å². The van der Waals surface area contributed by atoms with E-state index in [9.17, 15) is 14.7 Å². The first kappa shape index (κ1) is 17.4. The van der Waals surface area contributed by atoms with E-state index in [2.05, 4.69) is 13.2 Å². The first-order valence-electron chi connectivity index (χ1n) is 9.21. The molecule has 2 bridgehead atoms. The Hall–Kier alpha value is -1.74. The zero-order valence-electron chi connectivity index (χ0n) is 15.0. The molecular formula is C19H22O8. The van der Waals surface area contributed by atoms with Crippen LogP contribution in [0.2, 0.25) is 0 Å². The van der Waals surface area contributed by atoms with E-state index in [1.807, 2.05) is 0 Å². The molecule has 27 heavy (non-hydrogen) atoms. The third-order valence-corrected chi connectivity index (χ3v) is 6.39. The molecule has 9 atom stereocenters. The van der Waals surface area contributed by atoms with Crippen LogP contribution >= 0.6 is 0 Å². The number of aliphatic hydroxyl groups is 1. The summed E-state index contributed by atoms with van der Waals surface area (Å²) in [5.41, 5.74) is -0.483. The number of fused-ring (bicyclic) bond motifs is 5. The van der Waals surface area contributed by atoms with Gasteiger partial charge in [0.1, 0.15) is 23.9 Å².